The van der Waals surface area contributed by atoms with Crippen LogP contribution in [-0.4, -0.2) is 27.2 Å². The Morgan fingerprint density at radius 1 is 1.55 bits per heavy atom. The average Bonchev–Trinajstić information content (AvgIpc) is 2.94. The average molecular weight is 302 g/mol. The van der Waals surface area contributed by atoms with Gasteiger partial charge in [-0.05, 0) is 32.6 Å². The van der Waals surface area contributed by atoms with Crippen LogP contribution in [0.2, 0.25) is 0 Å². The maximum atomic E-state index is 11.3. The number of nitrogens with zero attached hydrogens (tertiary/aromatic N) is 4. The highest BCUT2D eigenvalue weighted by molar-refractivity contribution is 5.79. The number of carbonyl (C=O) groups excluding carboxylic acids is 1. The molecule has 0 aromatic carbocycles. The van der Waals surface area contributed by atoms with E-state index in [1.54, 1.807) is 22.9 Å². The summed E-state index contributed by atoms with van der Waals surface area (Å²) in [6.45, 7) is 5.29. The van der Waals surface area contributed by atoms with E-state index >= 15 is 0 Å². The van der Waals surface area contributed by atoms with Gasteiger partial charge in [-0.3, -0.25) is 24.6 Å². The van der Waals surface area contributed by atoms with Gasteiger partial charge in [0.05, 0.1) is 16.7 Å². The van der Waals surface area contributed by atoms with Crippen molar-refractivity contribution in [2.45, 2.75) is 38.6 Å². The number of hydrogen-bond donors (Lipinski definition) is 0. The van der Waals surface area contributed by atoms with Gasteiger partial charge in [0.2, 0.25) is 0 Å². The molecular weight excluding hydrogens is 284 g/mol. The van der Waals surface area contributed by atoms with Crippen molar-refractivity contribution in [3.63, 3.8) is 0 Å². The summed E-state index contributed by atoms with van der Waals surface area (Å²) >= 11 is 0. The molecule has 0 N–H and O–H groups in total. The van der Waals surface area contributed by atoms with Crippen molar-refractivity contribution in [3.05, 3.63) is 40.2 Å². The predicted octanol–water partition coefficient (Wildman–Crippen LogP) is 3.09. The topological polar surface area (TPSA) is 90.4 Å². The second-order valence-electron chi connectivity index (χ2n) is 5.11. The van der Waals surface area contributed by atoms with Crippen LogP contribution in [0, 0.1) is 10.1 Å². The number of aliphatic imine (C=N–C) groups is 1. The quantitative estimate of drug-likeness (QED) is 0.362. The molecule has 22 heavy (non-hydrogen) atoms. The summed E-state index contributed by atoms with van der Waals surface area (Å²) in [5.41, 5.74) is 0.463. The normalized spacial score (nSPS) is 17.1. The Kier molecular flexibility index (Phi) is 4.98. The van der Waals surface area contributed by atoms with Gasteiger partial charge in [0.1, 0.15) is 12.0 Å². The maximum absolute atomic E-state index is 11.3. The highest BCUT2D eigenvalue weighted by Crippen LogP contribution is 2.31. The summed E-state index contributed by atoms with van der Waals surface area (Å²) in [5.74, 6) is 0.236. The van der Waals surface area contributed by atoms with E-state index in [4.69, 9.17) is 0 Å². The lowest BCUT2D eigenvalue weighted by molar-refractivity contribution is -0.385. The van der Waals surface area contributed by atoms with Crippen LogP contribution >= 0.6 is 0 Å². The molecule has 0 atom stereocenters. The molecule has 1 fully saturated rings. The first-order chi connectivity index (χ1) is 10.6. The summed E-state index contributed by atoms with van der Waals surface area (Å²) in [6, 6.07) is 0.0120. The number of ketones is 1. The van der Waals surface area contributed by atoms with Crippen LogP contribution in [0.1, 0.15) is 44.3 Å². The van der Waals surface area contributed by atoms with Crippen LogP contribution in [0.3, 0.4) is 0 Å². The number of carbonyl (C=O) groups is 1. The highest BCUT2D eigenvalue weighted by atomic mass is 16.6. The largest absolute Gasteiger partial charge is 0.316 e. The molecule has 0 amide bonds. The van der Waals surface area contributed by atoms with Crippen LogP contribution in [-0.2, 0) is 4.79 Å². The second kappa shape index (κ2) is 6.93. The molecule has 1 aliphatic carbocycles. The van der Waals surface area contributed by atoms with Gasteiger partial charge >= 0.3 is 5.69 Å². The molecule has 7 heteroatoms. The minimum Gasteiger partial charge on any atom is -0.300 e. The number of allylic oxidation sites excluding steroid dienone is 3. The van der Waals surface area contributed by atoms with E-state index < -0.39 is 4.92 Å². The van der Waals surface area contributed by atoms with Crippen molar-refractivity contribution in [2.24, 2.45) is 4.99 Å². The van der Waals surface area contributed by atoms with Gasteiger partial charge in [0, 0.05) is 12.8 Å². The van der Waals surface area contributed by atoms with Crippen molar-refractivity contribution >= 4 is 23.9 Å². The Morgan fingerprint density at radius 2 is 2.23 bits per heavy atom. The lowest BCUT2D eigenvalue weighted by atomic mass is 9.95. The molecule has 116 valence electrons. The standard InChI is InChI=1S/C15H18N4O3/c1-3-4-5-13(16-2)15-14(19(21)22)10-18(17-15)11-6-8-12(20)9-7-11/h3-5,10-11H,2,6-9H2,1H3/b4-3-,13-5-. The van der Waals surface area contributed by atoms with Gasteiger partial charge in [-0.2, -0.15) is 5.10 Å². The van der Waals surface area contributed by atoms with Crippen molar-refractivity contribution in [2.75, 3.05) is 0 Å². The Labute approximate surface area is 128 Å². The van der Waals surface area contributed by atoms with Crippen molar-refractivity contribution in [1.82, 2.24) is 9.78 Å². The predicted molar refractivity (Wildman–Crippen MR) is 83.7 cm³/mol. The zero-order valence-electron chi connectivity index (χ0n) is 12.4. The number of hydrogen-bond acceptors (Lipinski definition) is 5. The van der Waals surface area contributed by atoms with Gasteiger partial charge < -0.3 is 0 Å². The molecule has 1 aromatic heterocycles. The monoisotopic (exact) mass is 302 g/mol. The van der Waals surface area contributed by atoms with E-state index in [2.05, 4.69) is 16.8 Å². The van der Waals surface area contributed by atoms with Crippen LogP contribution < -0.4 is 0 Å². The zero-order chi connectivity index (χ0) is 16.1. The summed E-state index contributed by atoms with van der Waals surface area (Å²) < 4.78 is 1.59. The van der Waals surface area contributed by atoms with E-state index in [-0.39, 0.29) is 23.2 Å². The number of aromatic nitrogens is 2. The van der Waals surface area contributed by atoms with Crippen molar-refractivity contribution in [3.8, 4) is 0 Å². The maximum Gasteiger partial charge on any atom is 0.316 e. The molecule has 0 bridgehead atoms. The van der Waals surface area contributed by atoms with Gasteiger partial charge in [0.25, 0.3) is 0 Å². The third-order valence-corrected chi connectivity index (χ3v) is 3.66. The molecule has 1 saturated carbocycles. The minimum absolute atomic E-state index is 0.0120. The van der Waals surface area contributed by atoms with Crippen LogP contribution in [0.4, 0.5) is 5.69 Å². The van der Waals surface area contributed by atoms with Gasteiger partial charge in [-0.15, -0.1) is 0 Å². The van der Waals surface area contributed by atoms with E-state index in [1.165, 1.54) is 6.20 Å². The third kappa shape index (κ3) is 3.36. The Balaban J connectivity index is 2.39. The van der Waals surface area contributed by atoms with E-state index in [1.807, 2.05) is 6.92 Å². The first-order valence-corrected chi connectivity index (χ1v) is 7.12. The molecule has 0 radical (unpaired) electrons. The lowest BCUT2D eigenvalue weighted by Gasteiger charge is -2.20. The van der Waals surface area contributed by atoms with Gasteiger partial charge in [-0.1, -0.05) is 12.2 Å². The molecule has 7 nitrogen and oxygen atoms in total. The zero-order valence-corrected chi connectivity index (χ0v) is 12.4. The van der Waals surface area contributed by atoms with Crippen molar-refractivity contribution in [1.29, 1.82) is 0 Å². The fraction of sp³-hybridized carbons (Fsp3) is 0.400. The summed E-state index contributed by atoms with van der Waals surface area (Å²) in [4.78, 5) is 25.9. The molecule has 1 heterocycles. The van der Waals surface area contributed by atoms with Crippen LogP contribution in [0.5, 0.6) is 0 Å². The first kappa shape index (κ1) is 15.8. The second-order valence-corrected chi connectivity index (χ2v) is 5.11. The third-order valence-electron chi connectivity index (χ3n) is 3.66. The van der Waals surface area contributed by atoms with Crippen LogP contribution in [0.25, 0.3) is 5.70 Å². The highest BCUT2D eigenvalue weighted by Gasteiger charge is 2.27. The summed E-state index contributed by atoms with van der Waals surface area (Å²) in [7, 11) is 0. The molecule has 0 saturated heterocycles. The smallest absolute Gasteiger partial charge is 0.300 e. The first-order valence-electron chi connectivity index (χ1n) is 7.12. The van der Waals surface area contributed by atoms with Gasteiger partial charge in [0.15, 0.2) is 5.69 Å². The lowest BCUT2D eigenvalue weighted by Crippen LogP contribution is -2.18. The van der Waals surface area contributed by atoms with E-state index in [0.717, 1.165) is 0 Å². The Bertz CT molecular complexity index is 648. The van der Waals surface area contributed by atoms with Gasteiger partial charge in [-0.25, -0.2) is 0 Å². The molecule has 0 aliphatic heterocycles. The molecule has 2 rings (SSSR count). The minimum atomic E-state index is -0.471. The van der Waals surface area contributed by atoms with E-state index in [0.29, 0.717) is 31.4 Å². The van der Waals surface area contributed by atoms with E-state index in [9.17, 15) is 14.9 Å². The fourth-order valence-electron chi connectivity index (χ4n) is 2.47. The van der Waals surface area contributed by atoms with Crippen molar-refractivity contribution < 1.29 is 9.72 Å². The summed E-state index contributed by atoms with van der Waals surface area (Å²) in [6.07, 6.45) is 8.89. The molecule has 0 spiro atoms. The Hall–Kier alpha value is -2.57. The Morgan fingerprint density at radius 3 is 2.77 bits per heavy atom. The number of Topliss-reactive ketones (excluding diaryl/α,β-unsaturated/α-hetero) is 1. The van der Waals surface area contributed by atoms with Crippen LogP contribution in [0.15, 0.2) is 29.4 Å². The fourth-order valence-corrected chi connectivity index (χ4v) is 2.47. The molecular formula is C15H18N4O3. The number of nitro groups is 1. The molecule has 1 aromatic rings. The molecule has 0 unspecified atom stereocenters. The SMILES string of the molecule is C=N/C(=C\C=C/C)c1nn(C2CCC(=O)CC2)cc1[N+](=O)[O-]. The number of rotatable bonds is 5. The molecule has 1 aliphatic rings. The summed E-state index contributed by atoms with van der Waals surface area (Å²) in [5, 5.41) is 15.6.